The molecule has 0 spiro atoms. The van der Waals surface area contributed by atoms with Crippen LogP contribution in [0.25, 0.3) is 16.9 Å². The molecule has 0 saturated heterocycles. The van der Waals surface area contributed by atoms with Gasteiger partial charge >= 0.3 is 5.97 Å². The summed E-state index contributed by atoms with van der Waals surface area (Å²) in [5.41, 5.74) is 4.30. The van der Waals surface area contributed by atoms with Gasteiger partial charge in [-0.1, -0.05) is 42.5 Å². The first-order valence-corrected chi connectivity index (χ1v) is 9.33. The third kappa shape index (κ3) is 4.17. The number of ether oxygens (including phenoxy) is 1. The largest absolute Gasteiger partial charge is 0.450 e. The van der Waals surface area contributed by atoms with Crippen molar-refractivity contribution >= 4 is 23.3 Å². The van der Waals surface area contributed by atoms with Crippen molar-refractivity contribution in [2.24, 2.45) is 0 Å². The monoisotopic (exact) mass is 401 g/mol. The van der Waals surface area contributed by atoms with E-state index in [1.807, 2.05) is 62.4 Å². The maximum atomic E-state index is 12.2. The Balaban J connectivity index is 1.35. The van der Waals surface area contributed by atoms with Crippen LogP contribution in [0.2, 0.25) is 0 Å². The standard InChI is InChI=1S/C22H19N5O3/c1-14-12-15(2)27-22(23-14)25-20(26-27)21(29)30-13-19(28)24-18-10-8-17(9-11-18)16-6-4-3-5-7-16/h3-12H,13H2,1-2H3,(H,24,28). The first-order chi connectivity index (χ1) is 14.5. The average molecular weight is 401 g/mol. The van der Waals surface area contributed by atoms with Crippen molar-refractivity contribution in [3.05, 3.63) is 77.9 Å². The van der Waals surface area contributed by atoms with Gasteiger partial charge in [0, 0.05) is 17.1 Å². The van der Waals surface area contributed by atoms with Crippen molar-refractivity contribution < 1.29 is 14.3 Å². The molecule has 0 unspecified atom stereocenters. The molecule has 0 atom stereocenters. The number of anilines is 1. The zero-order valence-electron chi connectivity index (χ0n) is 16.5. The second-order valence-corrected chi connectivity index (χ2v) is 6.75. The van der Waals surface area contributed by atoms with Crippen molar-refractivity contribution in [3.8, 4) is 11.1 Å². The zero-order valence-corrected chi connectivity index (χ0v) is 16.5. The predicted octanol–water partition coefficient (Wildman–Crippen LogP) is 3.20. The van der Waals surface area contributed by atoms with Gasteiger partial charge in [-0.2, -0.15) is 4.98 Å². The first-order valence-electron chi connectivity index (χ1n) is 9.33. The third-order valence-corrected chi connectivity index (χ3v) is 4.41. The van der Waals surface area contributed by atoms with Crippen molar-refractivity contribution in [1.29, 1.82) is 0 Å². The lowest BCUT2D eigenvalue weighted by atomic mass is 10.1. The fourth-order valence-electron chi connectivity index (χ4n) is 3.02. The van der Waals surface area contributed by atoms with Gasteiger partial charge in [0.1, 0.15) is 0 Å². The molecule has 8 heteroatoms. The van der Waals surface area contributed by atoms with Crippen LogP contribution in [0.1, 0.15) is 22.0 Å². The summed E-state index contributed by atoms with van der Waals surface area (Å²) >= 11 is 0. The fourth-order valence-corrected chi connectivity index (χ4v) is 3.02. The Bertz CT molecular complexity index is 1220. The Kier molecular flexibility index (Phi) is 5.21. The minimum absolute atomic E-state index is 0.142. The Morgan fingerprint density at radius 2 is 1.67 bits per heavy atom. The van der Waals surface area contributed by atoms with E-state index >= 15 is 0 Å². The van der Waals surface area contributed by atoms with Gasteiger partial charge in [0.25, 0.3) is 17.5 Å². The number of nitrogens with one attached hydrogen (secondary N) is 1. The van der Waals surface area contributed by atoms with Crippen LogP contribution in [0.15, 0.2) is 60.7 Å². The molecule has 8 nitrogen and oxygen atoms in total. The molecule has 0 radical (unpaired) electrons. The van der Waals surface area contributed by atoms with Gasteiger partial charge in [-0.15, -0.1) is 5.10 Å². The summed E-state index contributed by atoms with van der Waals surface area (Å²) < 4.78 is 6.49. The van der Waals surface area contributed by atoms with Gasteiger partial charge in [0.2, 0.25) is 0 Å². The summed E-state index contributed by atoms with van der Waals surface area (Å²) in [6.07, 6.45) is 0. The SMILES string of the molecule is Cc1cc(C)n2nc(C(=O)OCC(=O)Nc3ccc(-c4ccccc4)cc3)nc2n1. The summed E-state index contributed by atoms with van der Waals surface area (Å²) in [6, 6.07) is 19.2. The second kappa shape index (κ2) is 8.12. The Morgan fingerprint density at radius 1 is 0.967 bits per heavy atom. The summed E-state index contributed by atoms with van der Waals surface area (Å²) in [5, 5.41) is 6.79. The van der Waals surface area contributed by atoms with Crippen LogP contribution in [-0.4, -0.2) is 38.1 Å². The van der Waals surface area contributed by atoms with Crippen LogP contribution >= 0.6 is 0 Å². The van der Waals surface area contributed by atoms with E-state index in [1.165, 1.54) is 4.52 Å². The molecule has 2 aromatic carbocycles. The molecule has 1 N–H and O–H groups in total. The van der Waals surface area contributed by atoms with E-state index in [4.69, 9.17) is 4.74 Å². The lowest BCUT2D eigenvalue weighted by Crippen LogP contribution is -2.21. The summed E-state index contributed by atoms with van der Waals surface area (Å²) in [6.45, 7) is 3.22. The van der Waals surface area contributed by atoms with Crippen LogP contribution in [0, 0.1) is 13.8 Å². The van der Waals surface area contributed by atoms with E-state index in [-0.39, 0.29) is 5.82 Å². The molecule has 0 saturated carbocycles. The van der Waals surface area contributed by atoms with Crippen molar-refractivity contribution in [2.45, 2.75) is 13.8 Å². The van der Waals surface area contributed by atoms with Gasteiger partial charge in [0.05, 0.1) is 0 Å². The van der Waals surface area contributed by atoms with Crippen molar-refractivity contribution in [1.82, 2.24) is 19.6 Å². The maximum absolute atomic E-state index is 12.2. The molecule has 1 amide bonds. The van der Waals surface area contributed by atoms with Gasteiger partial charge < -0.3 is 10.1 Å². The minimum atomic E-state index is -0.785. The maximum Gasteiger partial charge on any atom is 0.378 e. The van der Waals surface area contributed by atoms with Crippen molar-refractivity contribution in [3.63, 3.8) is 0 Å². The lowest BCUT2D eigenvalue weighted by Gasteiger charge is -2.07. The number of nitrogens with zero attached hydrogens (tertiary/aromatic N) is 4. The first kappa shape index (κ1) is 19.3. The predicted molar refractivity (Wildman–Crippen MR) is 111 cm³/mol. The molecule has 0 bridgehead atoms. The van der Waals surface area contributed by atoms with Crippen molar-refractivity contribution in [2.75, 3.05) is 11.9 Å². The molecule has 0 aliphatic heterocycles. The number of carbonyl (C=O) groups excluding carboxylic acids is 2. The quantitative estimate of drug-likeness (QED) is 0.516. The number of amides is 1. The third-order valence-electron chi connectivity index (χ3n) is 4.41. The molecule has 4 rings (SSSR count). The Hall–Kier alpha value is -4.07. The topological polar surface area (TPSA) is 98.5 Å². The van der Waals surface area contributed by atoms with E-state index in [1.54, 1.807) is 12.1 Å². The normalized spacial score (nSPS) is 10.7. The molecule has 0 aliphatic carbocycles. The molecule has 2 heterocycles. The smallest absolute Gasteiger partial charge is 0.378 e. The van der Waals surface area contributed by atoms with E-state index in [0.29, 0.717) is 11.5 Å². The summed E-state index contributed by atoms with van der Waals surface area (Å²) in [7, 11) is 0. The van der Waals surface area contributed by atoms with Crippen LogP contribution in [0.3, 0.4) is 0 Å². The number of fused-ring (bicyclic) bond motifs is 1. The highest BCUT2D eigenvalue weighted by Crippen LogP contribution is 2.21. The molecule has 150 valence electrons. The molecule has 2 aromatic heterocycles. The van der Waals surface area contributed by atoms with Crippen LogP contribution in [0.4, 0.5) is 5.69 Å². The number of aromatic nitrogens is 4. The second-order valence-electron chi connectivity index (χ2n) is 6.75. The highest BCUT2D eigenvalue weighted by atomic mass is 16.5. The van der Waals surface area contributed by atoms with E-state index in [0.717, 1.165) is 22.5 Å². The minimum Gasteiger partial charge on any atom is -0.450 e. The number of hydrogen-bond acceptors (Lipinski definition) is 6. The summed E-state index contributed by atoms with van der Waals surface area (Å²) in [5.74, 6) is -1.07. The highest BCUT2D eigenvalue weighted by molar-refractivity contribution is 5.94. The van der Waals surface area contributed by atoms with Gasteiger partial charge in [0.15, 0.2) is 6.61 Å². The van der Waals surface area contributed by atoms with Gasteiger partial charge in [-0.3, -0.25) is 4.79 Å². The van der Waals surface area contributed by atoms with E-state index < -0.39 is 18.5 Å². The number of carbonyl (C=O) groups is 2. The molecule has 30 heavy (non-hydrogen) atoms. The highest BCUT2D eigenvalue weighted by Gasteiger charge is 2.17. The van der Waals surface area contributed by atoms with Crippen LogP contribution in [0.5, 0.6) is 0 Å². The van der Waals surface area contributed by atoms with E-state index in [2.05, 4.69) is 20.4 Å². The molecule has 0 aliphatic rings. The van der Waals surface area contributed by atoms with Gasteiger partial charge in [-0.05, 0) is 43.2 Å². The Morgan fingerprint density at radius 3 is 2.40 bits per heavy atom. The fraction of sp³-hybridized carbons (Fsp3) is 0.136. The molecular weight excluding hydrogens is 382 g/mol. The molecular formula is C22H19N5O3. The molecule has 4 aromatic rings. The average Bonchev–Trinajstić information content (AvgIpc) is 3.18. The van der Waals surface area contributed by atoms with Crippen LogP contribution in [-0.2, 0) is 9.53 Å². The number of esters is 1. The number of benzene rings is 2. The number of aryl methyl sites for hydroxylation is 2. The Labute approximate surface area is 172 Å². The zero-order chi connectivity index (χ0) is 21.1. The summed E-state index contributed by atoms with van der Waals surface area (Å²) in [4.78, 5) is 32.6. The van der Waals surface area contributed by atoms with E-state index in [9.17, 15) is 9.59 Å². The number of rotatable bonds is 5. The number of hydrogen-bond donors (Lipinski definition) is 1. The lowest BCUT2D eigenvalue weighted by molar-refractivity contribution is -0.119. The molecule has 0 fully saturated rings. The van der Waals surface area contributed by atoms with Crippen LogP contribution < -0.4 is 5.32 Å². The van der Waals surface area contributed by atoms with Gasteiger partial charge in [-0.25, -0.2) is 14.3 Å².